The van der Waals surface area contributed by atoms with Gasteiger partial charge < -0.3 is 10.1 Å². The molecule has 0 radical (unpaired) electrons. The molecule has 8 heteroatoms. The first-order valence-corrected chi connectivity index (χ1v) is 10.1. The Morgan fingerprint density at radius 2 is 1.86 bits per heavy atom. The molecule has 1 aromatic heterocycles. The number of thioether (sulfide) groups is 1. The van der Waals surface area contributed by atoms with E-state index in [0.717, 1.165) is 16.6 Å². The molecule has 1 unspecified atom stereocenters. The first kappa shape index (κ1) is 20.7. The number of nitrogens with one attached hydrogen (secondary N) is 1. The molecule has 1 N–H and O–H groups in total. The summed E-state index contributed by atoms with van der Waals surface area (Å²) in [4.78, 5) is 32.8. The molecule has 0 fully saturated rings. The van der Waals surface area contributed by atoms with E-state index in [-0.39, 0.29) is 17.5 Å². The first-order valence-electron chi connectivity index (χ1n) is 9.07. The van der Waals surface area contributed by atoms with Crippen LogP contribution in [0.5, 0.6) is 0 Å². The summed E-state index contributed by atoms with van der Waals surface area (Å²) in [5, 5.41) is 3.31. The standard InChI is InChI=1S/C21H20FN3O3S/c1-14(21(27)23-11-10-15-6-8-16(22)9-7-15)28-20(26)13-29-19-12-24-17-4-2-3-5-18(17)25-19/h2-9,12,14H,10-11,13H2,1H3,(H,23,27). The Labute approximate surface area is 171 Å². The molecule has 0 saturated heterocycles. The van der Waals surface area contributed by atoms with Gasteiger partial charge in [-0.3, -0.25) is 14.6 Å². The average Bonchev–Trinajstić information content (AvgIpc) is 2.73. The highest BCUT2D eigenvalue weighted by Gasteiger charge is 2.17. The second kappa shape index (κ2) is 9.97. The van der Waals surface area contributed by atoms with Crippen molar-refractivity contribution < 1.29 is 18.7 Å². The number of esters is 1. The van der Waals surface area contributed by atoms with Crippen LogP contribution in [-0.2, 0) is 20.7 Å². The van der Waals surface area contributed by atoms with Gasteiger partial charge in [0.2, 0.25) is 0 Å². The fourth-order valence-electron chi connectivity index (χ4n) is 2.55. The molecule has 0 aliphatic carbocycles. The van der Waals surface area contributed by atoms with E-state index in [1.165, 1.54) is 30.8 Å². The fraction of sp³-hybridized carbons (Fsp3) is 0.238. The van der Waals surface area contributed by atoms with Crippen molar-refractivity contribution in [2.75, 3.05) is 12.3 Å². The number of carbonyl (C=O) groups is 2. The van der Waals surface area contributed by atoms with Crippen LogP contribution in [0, 0.1) is 5.82 Å². The number of para-hydroxylation sites is 2. The van der Waals surface area contributed by atoms with Crippen molar-refractivity contribution >= 4 is 34.7 Å². The zero-order chi connectivity index (χ0) is 20.6. The summed E-state index contributed by atoms with van der Waals surface area (Å²) in [7, 11) is 0. The Bertz CT molecular complexity index is 998. The molecule has 6 nitrogen and oxygen atoms in total. The van der Waals surface area contributed by atoms with Crippen molar-refractivity contribution in [3.63, 3.8) is 0 Å². The van der Waals surface area contributed by atoms with Crippen LogP contribution in [-0.4, -0.2) is 40.2 Å². The van der Waals surface area contributed by atoms with Gasteiger partial charge in [-0.25, -0.2) is 9.37 Å². The van der Waals surface area contributed by atoms with Crippen molar-refractivity contribution in [3.05, 3.63) is 66.1 Å². The third kappa shape index (κ3) is 6.25. The third-order valence-electron chi connectivity index (χ3n) is 4.07. The van der Waals surface area contributed by atoms with Crippen molar-refractivity contribution in [2.24, 2.45) is 0 Å². The van der Waals surface area contributed by atoms with Gasteiger partial charge in [0.1, 0.15) is 10.8 Å². The molecular weight excluding hydrogens is 393 g/mol. The van der Waals surface area contributed by atoms with Gasteiger partial charge in [-0.15, -0.1) is 0 Å². The number of ether oxygens (including phenoxy) is 1. The van der Waals surface area contributed by atoms with E-state index >= 15 is 0 Å². The summed E-state index contributed by atoms with van der Waals surface area (Å²) >= 11 is 1.20. The molecule has 0 aliphatic heterocycles. The minimum atomic E-state index is -0.904. The fourth-order valence-corrected chi connectivity index (χ4v) is 3.18. The number of benzene rings is 2. The second-order valence-electron chi connectivity index (χ2n) is 6.29. The van der Waals surface area contributed by atoms with Gasteiger partial charge in [-0.1, -0.05) is 36.0 Å². The van der Waals surface area contributed by atoms with Crippen molar-refractivity contribution in [3.8, 4) is 0 Å². The van der Waals surface area contributed by atoms with E-state index in [9.17, 15) is 14.0 Å². The van der Waals surface area contributed by atoms with Crippen LogP contribution < -0.4 is 5.32 Å². The number of rotatable bonds is 8. The molecule has 0 bridgehead atoms. The SMILES string of the molecule is CC(OC(=O)CSc1cnc2ccccc2n1)C(=O)NCCc1ccc(F)cc1. The van der Waals surface area contributed by atoms with Crippen LogP contribution in [0.1, 0.15) is 12.5 Å². The summed E-state index contributed by atoms with van der Waals surface area (Å²) in [6.07, 6.45) is 1.26. The van der Waals surface area contributed by atoms with Crippen LogP contribution in [0.4, 0.5) is 4.39 Å². The minimum Gasteiger partial charge on any atom is -0.452 e. The molecule has 2 aromatic carbocycles. The highest BCUT2D eigenvalue weighted by Crippen LogP contribution is 2.18. The number of halogens is 1. The third-order valence-corrected chi connectivity index (χ3v) is 4.94. The molecular formula is C21H20FN3O3S. The van der Waals surface area contributed by atoms with Crippen LogP contribution >= 0.6 is 11.8 Å². The maximum Gasteiger partial charge on any atom is 0.317 e. The topological polar surface area (TPSA) is 81.2 Å². The number of hydrogen-bond acceptors (Lipinski definition) is 6. The van der Waals surface area contributed by atoms with Crippen molar-refractivity contribution in [2.45, 2.75) is 24.5 Å². The molecule has 3 aromatic rings. The van der Waals surface area contributed by atoms with Gasteiger partial charge in [-0.2, -0.15) is 0 Å². The monoisotopic (exact) mass is 413 g/mol. The van der Waals surface area contributed by atoms with Crippen molar-refractivity contribution in [1.82, 2.24) is 15.3 Å². The largest absolute Gasteiger partial charge is 0.452 e. The number of nitrogens with zero attached hydrogens (tertiary/aromatic N) is 2. The lowest BCUT2D eigenvalue weighted by atomic mass is 10.1. The quantitative estimate of drug-likeness (QED) is 0.451. The zero-order valence-corrected chi connectivity index (χ0v) is 16.6. The highest BCUT2D eigenvalue weighted by molar-refractivity contribution is 7.99. The minimum absolute atomic E-state index is 0.0280. The number of amides is 1. The van der Waals surface area contributed by atoms with Gasteiger partial charge in [0.05, 0.1) is 23.0 Å². The number of hydrogen-bond donors (Lipinski definition) is 1. The number of fused-ring (bicyclic) bond motifs is 1. The summed E-state index contributed by atoms with van der Waals surface area (Å²) in [6, 6.07) is 13.5. The Morgan fingerprint density at radius 3 is 2.62 bits per heavy atom. The van der Waals surface area contributed by atoms with Crippen molar-refractivity contribution in [1.29, 1.82) is 0 Å². The molecule has 1 heterocycles. The number of aromatic nitrogens is 2. The van der Waals surface area contributed by atoms with Crippen LogP contribution in [0.25, 0.3) is 11.0 Å². The highest BCUT2D eigenvalue weighted by atomic mass is 32.2. The lowest BCUT2D eigenvalue weighted by molar-refractivity contribution is -0.152. The van der Waals surface area contributed by atoms with Gasteiger partial charge in [0, 0.05) is 6.54 Å². The molecule has 150 valence electrons. The van der Waals surface area contributed by atoms with Crippen LogP contribution in [0.2, 0.25) is 0 Å². The summed E-state index contributed by atoms with van der Waals surface area (Å²) in [5.41, 5.74) is 2.44. The molecule has 0 aliphatic rings. The first-order chi connectivity index (χ1) is 14.0. The summed E-state index contributed by atoms with van der Waals surface area (Å²) in [5.74, 6) is -1.16. The number of carbonyl (C=O) groups excluding carboxylic acids is 2. The normalized spacial score (nSPS) is 11.8. The van der Waals surface area contributed by atoms with E-state index in [1.807, 2.05) is 24.3 Å². The van der Waals surface area contributed by atoms with E-state index < -0.39 is 12.1 Å². The molecule has 0 spiro atoms. The Balaban J connectivity index is 1.40. The van der Waals surface area contributed by atoms with Crippen LogP contribution in [0.15, 0.2) is 59.8 Å². The second-order valence-corrected chi connectivity index (χ2v) is 7.28. The van der Waals surface area contributed by atoms with E-state index in [4.69, 9.17) is 4.74 Å². The zero-order valence-electron chi connectivity index (χ0n) is 15.8. The van der Waals surface area contributed by atoms with Gasteiger partial charge in [-0.05, 0) is 43.2 Å². The summed E-state index contributed by atoms with van der Waals surface area (Å²) in [6.45, 7) is 1.89. The molecule has 0 saturated carbocycles. The van der Waals surface area contributed by atoms with E-state index in [0.29, 0.717) is 18.0 Å². The lowest BCUT2D eigenvalue weighted by Gasteiger charge is -2.13. The predicted octanol–water partition coefficient (Wildman–Crippen LogP) is 3.15. The Hall–Kier alpha value is -3.00. The van der Waals surface area contributed by atoms with E-state index in [2.05, 4.69) is 15.3 Å². The maximum atomic E-state index is 12.9. The molecule has 3 rings (SSSR count). The predicted molar refractivity (Wildman–Crippen MR) is 109 cm³/mol. The smallest absolute Gasteiger partial charge is 0.317 e. The lowest BCUT2D eigenvalue weighted by Crippen LogP contribution is -2.37. The van der Waals surface area contributed by atoms with Gasteiger partial charge >= 0.3 is 5.97 Å². The average molecular weight is 413 g/mol. The van der Waals surface area contributed by atoms with Gasteiger partial charge in [0.15, 0.2) is 6.10 Å². The maximum absolute atomic E-state index is 12.9. The molecule has 1 amide bonds. The molecule has 29 heavy (non-hydrogen) atoms. The summed E-state index contributed by atoms with van der Waals surface area (Å²) < 4.78 is 18.0. The van der Waals surface area contributed by atoms with Gasteiger partial charge in [0.25, 0.3) is 5.91 Å². The van der Waals surface area contributed by atoms with Crippen LogP contribution in [0.3, 0.4) is 0 Å². The molecule has 1 atom stereocenters. The van der Waals surface area contributed by atoms with E-state index in [1.54, 1.807) is 18.3 Å². The Kier molecular flexibility index (Phi) is 7.13. The Morgan fingerprint density at radius 1 is 1.14 bits per heavy atom.